The number of nitrogens with zero attached hydrogens (tertiary/aromatic N) is 2. The van der Waals surface area contributed by atoms with Crippen LogP contribution in [0.3, 0.4) is 0 Å². The Bertz CT molecular complexity index is 989. The Hall–Kier alpha value is -3.06. The first-order valence-corrected chi connectivity index (χ1v) is 12.0. The van der Waals surface area contributed by atoms with Crippen LogP contribution in [0.4, 0.5) is 9.59 Å². The van der Waals surface area contributed by atoms with Gasteiger partial charge in [0.15, 0.2) is 0 Å². The highest BCUT2D eigenvalue weighted by atomic mass is 16.6. The Morgan fingerprint density at radius 2 is 1.71 bits per heavy atom. The molecular weight excluding hydrogens is 430 g/mol. The van der Waals surface area contributed by atoms with Gasteiger partial charge in [-0.1, -0.05) is 54.6 Å². The Morgan fingerprint density at radius 1 is 1.00 bits per heavy atom. The highest BCUT2D eigenvalue weighted by Gasteiger charge is 2.38. The predicted octanol–water partition coefficient (Wildman–Crippen LogP) is 4.35. The summed E-state index contributed by atoms with van der Waals surface area (Å²) in [6.07, 6.45) is 0.856. The van der Waals surface area contributed by atoms with Gasteiger partial charge in [0, 0.05) is 32.2 Å². The lowest BCUT2D eigenvalue weighted by atomic mass is 9.93. The maximum Gasteiger partial charge on any atom is 0.410 e. The van der Waals surface area contributed by atoms with E-state index in [0.717, 1.165) is 25.1 Å². The fraction of sp³-hybridized carbons (Fsp3) is 0.481. The molecule has 2 aliphatic rings. The van der Waals surface area contributed by atoms with Crippen molar-refractivity contribution in [1.82, 2.24) is 15.1 Å². The van der Waals surface area contributed by atoms with Gasteiger partial charge in [-0.3, -0.25) is 4.90 Å². The molecule has 0 unspecified atom stereocenters. The molecule has 34 heavy (non-hydrogen) atoms. The van der Waals surface area contributed by atoms with Crippen molar-refractivity contribution < 1.29 is 19.1 Å². The van der Waals surface area contributed by atoms with Crippen LogP contribution in [0.25, 0.3) is 0 Å². The molecule has 1 N–H and O–H groups in total. The minimum Gasteiger partial charge on any atom is -0.445 e. The number of carbonyl (C=O) groups is 2. The number of fused-ring (bicyclic) bond motifs is 1. The lowest BCUT2D eigenvalue weighted by Crippen LogP contribution is -2.62. The molecule has 0 spiro atoms. The van der Waals surface area contributed by atoms with Crippen LogP contribution in [-0.4, -0.2) is 59.3 Å². The molecular formula is C27H35N3O4. The third-order valence-electron chi connectivity index (χ3n) is 6.38. The van der Waals surface area contributed by atoms with Crippen LogP contribution >= 0.6 is 0 Å². The summed E-state index contributed by atoms with van der Waals surface area (Å²) < 4.78 is 11.1. The minimum absolute atomic E-state index is 0.0288. The number of alkyl carbamates (subject to hydrolysis) is 1. The molecule has 0 bridgehead atoms. The number of ether oxygens (including phenoxy) is 2. The number of hydrogen-bond donors (Lipinski definition) is 1. The van der Waals surface area contributed by atoms with Gasteiger partial charge in [0.05, 0.1) is 6.04 Å². The number of carbonyl (C=O) groups excluding carboxylic acids is 2. The molecule has 2 amide bonds. The van der Waals surface area contributed by atoms with Gasteiger partial charge in [-0.15, -0.1) is 0 Å². The molecule has 2 atom stereocenters. The number of amides is 2. The van der Waals surface area contributed by atoms with Crippen LogP contribution in [0.5, 0.6) is 0 Å². The molecule has 182 valence electrons. The van der Waals surface area contributed by atoms with Crippen molar-refractivity contribution in [2.75, 3.05) is 19.6 Å². The van der Waals surface area contributed by atoms with E-state index in [1.807, 2.05) is 51.1 Å². The van der Waals surface area contributed by atoms with Gasteiger partial charge in [0.25, 0.3) is 0 Å². The van der Waals surface area contributed by atoms with Crippen molar-refractivity contribution >= 4 is 12.2 Å². The first kappa shape index (κ1) is 24.1. The Balaban J connectivity index is 1.45. The maximum absolute atomic E-state index is 12.9. The van der Waals surface area contributed by atoms with Crippen LogP contribution in [0, 0.1) is 0 Å². The normalized spacial score (nSPS) is 20.9. The summed E-state index contributed by atoms with van der Waals surface area (Å²) in [5.74, 6) is 0. The van der Waals surface area contributed by atoms with E-state index in [1.165, 1.54) is 11.1 Å². The highest BCUT2D eigenvalue weighted by Crippen LogP contribution is 2.25. The SMILES string of the molecule is CC(C)(C)OC(=O)N[C@H]1CCN(C(=O)OCc2ccccc2)C[C@@H]1N1CCc2ccccc2C1. The molecule has 2 heterocycles. The third-order valence-corrected chi connectivity index (χ3v) is 6.38. The Morgan fingerprint density at radius 3 is 2.44 bits per heavy atom. The first-order chi connectivity index (χ1) is 16.3. The topological polar surface area (TPSA) is 71.1 Å². The van der Waals surface area contributed by atoms with Crippen molar-refractivity contribution in [2.24, 2.45) is 0 Å². The zero-order valence-electron chi connectivity index (χ0n) is 20.3. The van der Waals surface area contributed by atoms with Gasteiger partial charge in [-0.25, -0.2) is 9.59 Å². The lowest BCUT2D eigenvalue weighted by molar-refractivity contribution is 0.0264. The smallest absolute Gasteiger partial charge is 0.410 e. The fourth-order valence-electron chi connectivity index (χ4n) is 4.71. The largest absolute Gasteiger partial charge is 0.445 e. The average molecular weight is 466 g/mol. The van der Waals surface area contributed by atoms with Gasteiger partial charge in [-0.05, 0) is 50.3 Å². The molecule has 2 aromatic carbocycles. The molecule has 0 radical (unpaired) electrons. The van der Waals surface area contributed by atoms with E-state index in [4.69, 9.17) is 9.47 Å². The molecule has 7 nitrogen and oxygen atoms in total. The van der Waals surface area contributed by atoms with Gasteiger partial charge < -0.3 is 19.7 Å². The van der Waals surface area contributed by atoms with Crippen molar-refractivity contribution in [1.29, 1.82) is 0 Å². The number of rotatable bonds is 4. The van der Waals surface area contributed by atoms with E-state index < -0.39 is 11.7 Å². The Kier molecular flexibility index (Phi) is 7.41. The zero-order valence-corrected chi connectivity index (χ0v) is 20.3. The molecule has 0 aromatic heterocycles. The van der Waals surface area contributed by atoms with Crippen LogP contribution in [0.15, 0.2) is 54.6 Å². The van der Waals surface area contributed by atoms with E-state index >= 15 is 0 Å². The van der Waals surface area contributed by atoms with Crippen molar-refractivity contribution in [3.05, 3.63) is 71.3 Å². The monoisotopic (exact) mass is 465 g/mol. The highest BCUT2D eigenvalue weighted by molar-refractivity contribution is 5.69. The second-order valence-corrected chi connectivity index (χ2v) is 10.1. The molecule has 2 aromatic rings. The van der Waals surface area contributed by atoms with Crippen molar-refractivity contribution in [2.45, 2.75) is 64.4 Å². The predicted molar refractivity (Wildman–Crippen MR) is 130 cm³/mol. The summed E-state index contributed by atoms with van der Waals surface area (Å²) >= 11 is 0. The second-order valence-electron chi connectivity index (χ2n) is 10.1. The summed E-state index contributed by atoms with van der Waals surface area (Å²) in [7, 11) is 0. The summed E-state index contributed by atoms with van der Waals surface area (Å²) in [6.45, 7) is 8.51. The summed E-state index contributed by atoms with van der Waals surface area (Å²) in [6, 6.07) is 18.0. The molecule has 7 heteroatoms. The number of nitrogens with one attached hydrogen (secondary N) is 1. The second kappa shape index (κ2) is 10.5. The van der Waals surface area contributed by atoms with Gasteiger partial charge in [-0.2, -0.15) is 0 Å². The maximum atomic E-state index is 12.9. The van der Waals surface area contributed by atoms with Gasteiger partial charge in [0.2, 0.25) is 0 Å². The first-order valence-electron chi connectivity index (χ1n) is 12.0. The van der Waals surface area contributed by atoms with Crippen molar-refractivity contribution in [3.63, 3.8) is 0 Å². The average Bonchev–Trinajstić information content (AvgIpc) is 2.82. The summed E-state index contributed by atoms with van der Waals surface area (Å²) in [4.78, 5) is 29.6. The van der Waals surface area contributed by atoms with Crippen LogP contribution in [0.2, 0.25) is 0 Å². The third kappa shape index (κ3) is 6.29. The molecule has 1 fully saturated rings. The summed E-state index contributed by atoms with van der Waals surface area (Å²) in [5.41, 5.74) is 3.06. The summed E-state index contributed by atoms with van der Waals surface area (Å²) in [5, 5.41) is 3.08. The number of piperidine rings is 1. The minimum atomic E-state index is -0.564. The van der Waals surface area contributed by atoms with E-state index in [0.29, 0.717) is 19.5 Å². The van der Waals surface area contributed by atoms with Gasteiger partial charge >= 0.3 is 12.2 Å². The van der Waals surface area contributed by atoms with E-state index in [2.05, 4.69) is 34.5 Å². The zero-order chi connectivity index (χ0) is 24.1. The molecule has 4 rings (SSSR count). The van der Waals surface area contributed by atoms with E-state index in [-0.39, 0.29) is 24.8 Å². The number of benzene rings is 2. The van der Waals surface area contributed by atoms with E-state index in [1.54, 1.807) is 4.90 Å². The molecule has 2 aliphatic heterocycles. The van der Waals surface area contributed by atoms with Gasteiger partial charge in [0.1, 0.15) is 12.2 Å². The lowest BCUT2D eigenvalue weighted by Gasteiger charge is -2.45. The number of hydrogen-bond acceptors (Lipinski definition) is 5. The fourth-order valence-corrected chi connectivity index (χ4v) is 4.71. The molecule has 0 aliphatic carbocycles. The van der Waals surface area contributed by atoms with Crippen molar-refractivity contribution in [3.8, 4) is 0 Å². The standard InChI is InChI=1S/C27H35N3O4/c1-27(2,3)34-25(31)28-23-14-16-30(26(32)33-19-20-9-5-4-6-10-20)18-24(23)29-15-13-21-11-7-8-12-22(21)17-29/h4-12,23-24H,13-19H2,1-3H3,(H,28,31)/t23-,24-/m0/s1. The van der Waals surface area contributed by atoms with Crippen LogP contribution in [-0.2, 0) is 29.0 Å². The molecule has 0 saturated carbocycles. The quantitative estimate of drug-likeness (QED) is 0.727. The van der Waals surface area contributed by atoms with Crippen LogP contribution in [0.1, 0.15) is 43.9 Å². The molecule has 1 saturated heterocycles. The number of likely N-dealkylation sites (tertiary alicyclic amines) is 1. The van der Waals surface area contributed by atoms with Crippen LogP contribution < -0.4 is 5.32 Å². The van der Waals surface area contributed by atoms with E-state index in [9.17, 15) is 9.59 Å². The Labute approximate surface area is 202 Å².